The van der Waals surface area contributed by atoms with E-state index in [0.29, 0.717) is 0 Å². The Bertz CT molecular complexity index is 1340. The zero-order valence-electron chi connectivity index (χ0n) is 13.8. The predicted octanol–water partition coefficient (Wildman–Crippen LogP) is 4.44. The second-order valence-corrected chi connectivity index (χ2v) is 7.02. The van der Waals surface area contributed by atoms with Crippen LogP contribution < -0.4 is 4.57 Å². The Morgan fingerprint density at radius 1 is 0.875 bits per heavy atom. The van der Waals surface area contributed by atoms with Crippen LogP contribution in [0.2, 0.25) is 0 Å². The first-order chi connectivity index (χ1) is 11.7. The topological polar surface area (TPSA) is 8.29 Å². The maximum Gasteiger partial charge on any atom is 0.295 e. The van der Waals surface area contributed by atoms with Crippen molar-refractivity contribution in [3.8, 4) is 0 Å². The van der Waals surface area contributed by atoms with Gasteiger partial charge in [0.25, 0.3) is 5.65 Å². The molecule has 0 radical (unpaired) electrons. The van der Waals surface area contributed by atoms with Gasteiger partial charge in [-0.3, -0.25) is 0 Å². The quantitative estimate of drug-likeness (QED) is 0.290. The van der Waals surface area contributed by atoms with Crippen LogP contribution in [0.1, 0.15) is 16.7 Å². The molecule has 5 aromatic rings. The lowest BCUT2D eigenvalue weighted by molar-refractivity contribution is -0.617. The van der Waals surface area contributed by atoms with E-state index in [0.717, 1.165) is 6.42 Å². The van der Waals surface area contributed by atoms with Gasteiger partial charge in [-0.1, -0.05) is 36.4 Å². The Morgan fingerprint density at radius 2 is 1.67 bits per heavy atom. The van der Waals surface area contributed by atoms with Crippen LogP contribution in [0.25, 0.3) is 38.4 Å². The van der Waals surface area contributed by atoms with E-state index < -0.39 is 0 Å². The number of fused-ring (bicyclic) bond motifs is 9. The molecule has 2 aromatic heterocycles. The van der Waals surface area contributed by atoms with Gasteiger partial charge in [0.2, 0.25) is 0 Å². The Kier molecular flexibility index (Phi) is 2.07. The number of imidazole rings is 1. The number of rotatable bonds is 0. The summed E-state index contributed by atoms with van der Waals surface area (Å²) < 4.78 is 4.83. The van der Waals surface area contributed by atoms with E-state index in [-0.39, 0.29) is 0 Å². The zero-order valence-corrected chi connectivity index (χ0v) is 13.8. The minimum atomic E-state index is 1.15. The number of pyridine rings is 1. The molecule has 0 bridgehead atoms. The van der Waals surface area contributed by atoms with Crippen molar-refractivity contribution < 1.29 is 4.57 Å². The summed E-state index contributed by atoms with van der Waals surface area (Å²) >= 11 is 0. The molecule has 2 heteroatoms. The SMILES string of the molecule is Cc1cccc2c3ccccc3n3c4cc5c(cc4[n+](C)c3c12)C5. The number of nitrogens with zero attached hydrogens (tertiary/aromatic N) is 2. The van der Waals surface area contributed by atoms with Crippen molar-refractivity contribution in [3.63, 3.8) is 0 Å². The molecule has 0 N–H and O–H groups in total. The summed E-state index contributed by atoms with van der Waals surface area (Å²) in [5, 5.41) is 4.03. The fraction of sp³-hybridized carbons (Fsp3) is 0.136. The molecule has 0 saturated heterocycles. The molecule has 24 heavy (non-hydrogen) atoms. The highest BCUT2D eigenvalue weighted by Gasteiger charge is 2.28. The van der Waals surface area contributed by atoms with E-state index in [9.17, 15) is 0 Å². The molecule has 114 valence electrons. The average molecular weight is 309 g/mol. The Hall–Kier alpha value is -2.87. The van der Waals surface area contributed by atoms with Crippen molar-refractivity contribution in [1.29, 1.82) is 0 Å². The van der Waals surface area contributed by atoms with Crippen LogP contribution in [-0.4, -0.2) is 4.40 Å². The van der Waals surface area contributed by atoms with Crippen LogP contribution in [0.4, 0.5) is 0 Å². The summed E-state index contributed by atoms with van der Waals surface area (Å²) in [6.45, 7) is 2.22. The molecule has 3 aromatic carbocycles. The maximum absolute atomic E-state index is 2.46. The number of hydrogen-bond acceptors (Lipinski definition) is 0. The molecule has 2 heterocycles. The van der Waals surface area contributed by atoms with Crippen LogP contribution in [-0.2, 0) is 13.5 Å². The Labute approximate surface area is 139 Å². The number of benzene rings is 3. The molecule has 0 spiro atoms. The highest BCUT2D eigenvalue weighted by atomic mass is 15.1. The molecular formula is C22H17N2+. The van der Waals surface area contributed by atoms with Crippen LogP contribution in [0.15, 0.2) is 54.6 Å². The molecule has 2 nitrogen and oxygen atoms in total. The second kappa shape index (κ2) is 3.96. The first-order valence-electron chi connectivity index (χ1n) is 8.50. The summed E-state index contributed by atoms with van der Waals surface area (Å²) in [7, 11) is 2.20. The van der Waals surface area contributed by atoms with E-state index in [1.54, 1.807) is 0 Å². The number of para-hydroxylation sites is 1. The van der Waals surface area contributed by atoms with Crippen LogP contribution >= 0.6 is 0 Å². The highest BCUT2D eigenvalue weighted by molar-refractivity contribution is 6.13. The van der Waals surface area contributed by atoms with Gasteiger partial charge in [-0.15, -0.1) is 0 Å². The van der Waals surface area contributed by atoms with Crippen molar-refractivity contribution in [3.05, 3.63) is 71.3 Å². The van der Waals surface area contributed by atoms with Gasteiger partial charge in [-0.25, -0.2) is 4.57 Å². The summed E-state index contributed by atoms with van der Waals surface area (Å²) in [6, 6.07) is 20.2. The fourth-order valence-electron chi connectivity index (χ4n) is 4.36. The van der Waals surface area contributed by atoms with E-state index in [4.69, 9.17) is 0 Å². The number of hydrogen-bond donors (Lipinski definition) is 0. The lowest BCUT2D eigenvalue weighted by Crippen LogP contribution is -2.27. The zero-order chi connectivity index (χ0) is 16.0. The van der Waals surface area contributed by atoms with Gasteiger partial charge in [0.1, 0.15) is 5.52 Å². The van der Waals surface area contributed by atoms with Gasteiger partial charge in [0, 0.05) is 10.8 Å². The molecule has 1 aliphatic rings. The van der Waals surface area contributed by atoms with Gasteiger partial charge in [-0.2, -0.15) is 4.40 Å². The molecule has 0 saturated carbocycles. The molecule has 0 amide bonds. The summed E-state index contributed by atoms with van der Waals surface area (Å²) in [5.41, 5.74) is 9.56. The standard InChI is InChI=1S/C22H17N2/c1-13-6-5-8-17-16-7-3-4-9-18(16)24-20-12-15-10-14(15)11-19(20)23(2)22(24)21(13)17/h3-9,11-12H,10H2,1-2H3/q+1. The van der Waals surface area contributed by atoms with Gasteiger partial charge in [-0.05, 0) is 48.2 Å². The van der Waals surface area contributed by atoms with Gasteiger partial charge in [0.15, 0.2) is 11.0 Å². The van der Waals surface area contributed by atoms with E-state index in [2.05, 4.69) is 77.5 Å². The first kappa shape index (κ1) is 12.5. The lowest BCUT2D eigenvalue weighted by Gasteiger charge is -2.06. The van der Waals surface area contributed by atoms with Gasteiger partial charge in [0.05, 0.1) is 12.4 Å². The van der Waals surface area contributed by atoms with E-state index >= 15 is 0 Å². The molecule has 6 rings (SSSR count). The number of aryl methyl sites for hydroxylation is 2. The van der Waals surface area contributed by atoms with E-state index in [1.165, 1.54) is 55.0 Å². The van der Waals surface area contributed by atoms with Crippen molar-refractivity contribution in [2.24, 2.45) is 7.05 Å². The normalized spacial score (nSPS) is 13.2. The maximum atomic E-state index is 2.46. The van der Waals surface area contributed by atoms with Crippen molar-refractivity contribution in [2.75, 3.05) is 0 Å². The molecule has 0 fully saturated rings. The minimum absolute atomic E-state index is 1.15. The summed E-state index contributed by atoms with van der Waals surface area (Å²) in [6.07, 6.45) is 1.15. The minimum Gasteiger partial charge on any atom is -0.225 e. The van der Waals surface area contributed by atoms with Crippen molar-refractivity contribution >= 4 is 38.4 Å². The number of aromatic nitrogens is 2. The molecule has 0 atom stereocenters. The van der Waals surface area contributed by atoms with Crippen LogP contribution in [0, 0.1) is 6.92 Å². The van der Waals surface area contributed by atoms with Gasteiger partial charge >= 0.3 is 0 Å². The highest BCUT2D eigenvalue weighted by Crippen LogP contribution is 2.36. The average Bonchev–Trinajstić information content (AvgIpc) is 3.31. The van der Waals surface area contributed by atoms with Crippen LogP contribution in [0.5, 0.6) is 0 Å². The smallest absolute Gasteiger partial charge is 0.225 e. The first-order valence-corrected chi connectivity index (χ1v) is 8.50. The van der Waals surface area contributed by atoms with Crippen molar-refractivity contribution in [2.45, 2.75) is 13.3 Å². The third-order valence-corrected chi connectivity index (χ3v) is 5.62. The largest absolute Gasteiger partial charge is 0.295 e. The molecule has 1 aliphatic carbocycles. The van der Waals surface area contributed by atoms with Crippen molar-refractivity contribution in [1.82, 2.24) is 4.40 Å². The lowest BCUT2D eigenvalue weighted by atomic mass is 10.0. The molecule has 0 unspecified atom stereocenters. The van der Waals surface area contributed by atoms with E-state index in [1.807, 2.05) is 0 Å². The second-order valence-electron chi connectivity index (χ2n) is 7.02. The fourth-order valence-corrected chi connectivity index (χ4v) is 4.36. The summed E-state index contributed by atoms with van der Waals surface area (Å²) in [4.78, 5) is 0. The third kappa shape index (κ3) is 1.35. The Balaban J connectivity index is 2.08. The summed E-state index contributed by atoms with van der Waals surface area (Å²) in [5.74, 6) is 0. The van der Waals surface area contributed by atoms with Gasteiger partial charge < -0.3 is 0 Å². The molecular weight excluding hydrogens is 292 g/mol. The van der Waals surface area contributed by atoms with Crippen LogP contribution in [0.3, 0.4) is 0 Å². The Morgan fingerprint density at radius 3 is 2.58 bits per heavy atom. The predicted molar refractivity (Wildman–Crippen MR) is 98.6 cm³/mol. The molecule has 0 aliphatic heterocycles. The third-order valence-electron chi connectivity index (χ3n) is 5.62. The monoisotopic (exact) mass is 309 g/mol.